The highest BCUT2D eigenvalue weighted by molar-refractivity contribution is 5.80. The summed E-state index contributed by atoms with van der Waals surface area (Å²) in [6, 6.07) is 8.41. The van der Waals surface area contributed by atoms with Crippen molar-refractivity contribution in [2.75, 3.05) is 0 Å². The maximum Gasteiger partial charge on any atom is 0.408 e. The van der Waals surface area contributed by atoms with Gasteiger partial charge < -0.3 is 15.2 Å². The fourth-order valence-electron chi connectivity index (χ4n) is 3.81. The van der Waals surface area contributed by atoms with Gasteiger partial charge in [-0.3, -0.25) is 0 Å². The van der Waals surface area contributed by atoms with E-state index in [4.69, 9.17) is 4.74 Å². The molecule has 5 heteroatoms. The van der Waals surface area contributed by atoms with Gasteiger partial charge in [-0.25, -0.2) is 9.59 Å². The van der Waals surface area contributed by atoms with Crippen LogP contribution in [0.3, 0.4) is 0 Å². The Hall–Kier alpha value is -2.30. The Morgan fingerprint density at radius 2 is 1.91 bits per heavy atom. The van der Waals surface area contributed by atoms with E-state index in [1.165, 1.54) is 0 Å². The fraction of sp³-hybridized carbons (Fsp3) is 0.444. The first-order chi connectivity index (χ1) is 11.1. The zero-order valence-electron chi connectivity index (χ0n) is 13.0. The Morgan fingerprint density at radius 3 is 2.48 bits per heavy atom. The van der Waals surface area contributed by atoms with Crippen molar-refractivity contribution in [3.63, 3.8) is 0 Å². The molecule has 0 spiro atoms. The molecule has 1 fully saturated rings. The molecule has 122 valence electrons. The van der Waals surface area contributed by atoms with Gasteiger partial charge in [0.1, 0.15) is 12.6 Å². The number of fused-ring (bicyclic) bond motifs is 1. The Kier molecular flexibility index (Phi) is 4.37. The molecule has 1 amide bonds. The molecule has 5 nitrogen and oxygen atoms in total. The Labute approximate surface area is 135 Å². The highest BCUT2D eigenvalue weighted by atomic mass is 16.5. The van der Waals surface area contributed by atoms with Crippen LogP contribution >= 0.6 is 0 Å². The number of aliphatic carboxylic acids is 1. The highest BCUT2D eigenvalue weighted by Gasteiger charge is 2.55. The van der Waals surface area contributed by atoms with Gasteiger partial charge in [0.2, 0.25) is 0 Å². The SMILES string of the molecule is CC[C@@H]1C2C=C[C@@H]2[C@@H]1[C@H](NC(=O)OCc1ccccc1)C(=O)O. The van der Waals surface area contributed by atoms with Gasteiger partial charge in [-0.15, -0.1) is 0 Å². The van der Waals surface area contributed by atoms with Gasteiger partial charge >= 0.3 is 12.1 Å². The van der Waals surface area contributed by atoms with E-state index in [-0.39, 0.29) is 18.4 Å². The first-order valence-electron chi connectivity index (χ1n) is 8.00. The van der Waals surface area contributed by atoms with E-state index in [9.17, 15) is 14.7 Å². The molecule has 23 heavy (non-hydrogen) atoms. The number of ether oxygens (including phenoxy) is 1. The van der Waals surface area contributed by atoms with Crippen LogP contribution in [-0.4, -0.2) is 23.2 Å². The zero-order chi connectivity index (χ0) is 16.4. The van der Waals surface area contributed by atoms with Crippen LogP contribution in [0.5, 0.6) is 0 Å². The minimum absolute atomic E-state index is 0.0447. The van der Waals surface area contributed by atoms with Crippen molar-refractivity contribution in [2.45, 2.75) is 26.0 Å². The molecule has 1 saturated carbocycles. The first kappa shape index (κ1) is 15.6. The second kappa shape index (κ2) is 6.44. The summed E-state index contributed by atoms with van der Waals surface area (Å²) in [4.78, 5) is 23.5. The lowest BCUT2D eigenvalue weighted by Gasteiger charge is -2.56. The van der Waals surface area contributed by atoms with Crippen molar-refractivity contribution in [1.29, 1.82) is 0 Å². The lowest BCUT2D eigenvalue weighted by molar-refractivity contribution is -0.146. The lowest BCUT2D eigenvalue weighted by Crippen LogP contribution is -2.61. The monoisotopic (exact) mass is 315 g/mol. The number of carboxylic acid groups (broad SMARTS) is 1. The van der Waals surface area contributed by atoms with Gasteiger partial charge in [0.15, 0.2) is 0 Å². The topological polar surface area (TPSA) is 75.6 Å². The molecule has 0 bridgehead atoms. The number of rotatable bonds is 6. The third-order valence-corrected chi connectivity index (χ3v) is 5.04. The second-order valence-electron chi connectivity index (χ2n) is 6.21. The maximum atomic E-state index is 12.0. The molecule has 1 aromatic carbocycles. The van der Waals surface area contributed by atoms with E-state index >= 15 is 0 Å². The molecular weight excluding hydrogens is 294 g/mol. The van der Waals surface area contributed by atoms with Crippen LogP contribution in [-0.2, 0) is 16.1 Å². The molecule has 2 aliphatic rings. The molecule has 2 N–H and O–H groups in total. The third-order valence-electron chi connectivity index (χ3n) is 5.04. The molecular formula is C18H21NO4. The standard InChI is InChI=1S/C18H21NO4/c1-2-12-13-8-9-14(13)15(12)16(17(20)21)19-18(22)23-10-11-6-4-3-5-7-11/h3-9,12-16H,2,10H2,1H3,(H,19,22)(H,20,21)/t12-,13?,14+,15-,16+/m1/s1. The number of carboxylic acids is 1. The molecule has 0 saturated heterocycles. The molecule has 0 heterocycles. The second-order valence-corrected chi connectivity index (χ2v) is 6.21. The van der Waals surface area contributed by atoms with Crippen molar-refractivity contribution in [3.8, 4) is 0 Å². The van der Waals surface area contributed by atoms with Gasteiger partial charge in [0.05, 0.1) is 0 Å². The van der Waals surface area contributed by atoms with Crippen LogP contribution in [0.4, 0.5) is 4.79 Å². The van der Waals surface area contributed by atoms with Crippen molar-refractivity contribution >= 4 is 12.1 Å². The zero-order valence-corrected chi connectivity index (χ0v) is 13.0. The molecule has 5 atom stereocenters. The molecule has 1 aromatic rings. The number of carbonyl (C=O) groups is 2. The molecule has 3 rings (SSSR count). The van der Waals surface area contributed by atoms with Crippen molar-refractivity contribution in [2.24, 2.45) is 23.7 Å². The highest BCUT2D eigenvalue weighted by Crippen LogP contribution is 2.56. The van der Waals surface area contributed by atoms with E-state index in [1.54, 1.807) is 0 Å². The number of hydrogen-bond donors (Lipinski definition) is 2. The van der Waals surface area contributed by atoms with Gasteiger partial charge in [0, 0.05) is 5.92 Å². The van der Waals surface area contributed by atoms with Crippen LogP contribution in [0.25, 0.3) is 0 Å². The summed E-state index contributed by atoms with van der Waals surface area (Å²) >= 11 is 0. The van der Waals surface area contributed by atoms with Gasteiger partial charge in [-0.1, -0.05) is 55.8 Å². The van der Waals surface area contributed by atoms with Crippen molar-refractivity contribution in [1.82, 2.24) is 5.32 Å². The summed E-state index contributed by atoms with van der Waals surface area (Å²) in [6.07, 6.45) is 4.43. The molecule has 0 aliphatic heterocycles. The summed E-state index contributed by atoms with van der Waals surface area (Å²) in [7, 11) is 0. The van der Waals surface area contributed by atoms with Gasteiger partial charge in [-0.05, 0) is 23.3 Å². The quantitative estimate of drug-likeness (QED) is 0.792. The average Bonchev–Trinajstić information content (AvgIpc) is 2.53. The van der Waals surface area contributed by atoms with Crippen LogP contribution in [0.15, 0.2) is 42.5 Å². The normalized spacial score (nSPS) is 28.7. The van der Waals surface area contributed by atoms with Crippen LogP contribution in [0, 0.1) is 23.7 Å². The summed E-state index contributed by atoms with van der Waals surface area (Å²) in [6.45, 7) is 2.19. The average molecular weight is 315 g/mol. The smallest absolute Gasteiger partial charge is 0.408 e. The van der Waals surface area contributed by atoms with Crippen LogP contribution < -0.4 is 5.32 Å². The fourth-order valence-corrected chi connectivity index (χ4v) is 3.81. The molecule has 1 unspecified atom stereocenters. The summed E-state index contributed by atoms with van der Waals surface area (Å²) in [5, 5.41) is 12.0. The van der Waals surface area contributed by atoms with Gasteiger partial charge in [-0.2, -0.15) is 0 Å². The molecule has 2 aliphatic carbocycles. The number of nitrogens with one attached hydrogen (secondary N) is 1. The van der Waals surface area contributed by atoms with Crippen molar-refractivity contribution < 1.29 is 19.4 Å². The van der Waals surface area contributed by atoms with E-state index in [0.29, 0.717) is 11.8 Å². The van der Waals surface area contributed by atoms with Crippen LogP contribution in [0.2, 0.25) is 0 Å². The number of allylic oxidation sites excluding steroid dienone is 2. The number of amides is 1. The predicted octanol–water partition coefficient (Wildman–Crippen LogP) is 2.82. The summed E-state index contributed by atoms with van der Waals surface area (Å²) in [5.41, 5.74) is 0.867. The summed E-state index contributed by atoms with van der Waals surface area (Å²) < 4.78 is 5.15. The Bertz CT molecular complexity index is 613. The maximum absolute atomic E-state index is 12.0. The van der Waals surface area contributed by atoms with Gasteiger partial charge in [0.25, 0.3) is 0 Å². The molecule has 0 radical (unpaired) electrons. The van der Waals surface area contributed by atoms with Crippen molar-refractivity contribution in [3.05, 3.63) is 48.0 Å². The first-order valence-corrected chi connectivity index (χ1v) is 8.00. The Balaban J connectivity index is 1.58. The van der Waals surface area contributed by atoms with E-state index < -0.39 is 18.1 Å². The third kappa shape index (κ3) is 2.96. The largest absolute Gasteiger partial charge is 0.480 e. The number of benzene rings is 1. The van der Waals surface area contributed by atoms with E-state index in [0.717, 1.165) is 12.0 Å². The predicted molar refractivity (Wildman–Crippen MR) is 84.6 cm³/mol. The minimum Gasteiger partial charge on any atom is -0.480 e. The lowest BCUT2D eigenvalue weighted by atomic mass is 9.48. The number of hydrogen-bond acceptors (Lipinski definition) is 3. The number of alkyl carbamates (subject to hydrolysis) is 1. The Morgan fingerprint density at radius 1 is 1.22 bits per heavy atom. The van der Waals surface area contributed by atoms with E-state index in [2.05, 4.69) is 24.4 Å². The van der Waals surface area contributed by atoms with Crippen LogP contribution in [0.1, 0.15) is 18.9 Å². The minimum atomic E-state index is -0.996. The van der Waals surface area contributed by atoms with E-state index in [1.807, 2.05) is 30.3 Å². The summed E-state index contributed by atoms with van der Waals surface area (Å²) in [5.74, 6) is 0.0330. The number of carbonyl (C=O) groups excluding carboxylic acids is 1. The molecule has 0 aromatic heterocycles.